The highest BCUT2D eigenvalue weighted by molar-refractivity contribution is 5.40. The van der Waals surface area contributed by atoms with Crippen LogP contribution in [0.1, 0.15) is 25.7 Å². The fourth-order valence-corrected chi connectivity index (χ4v) is 4.12. The van der Waals surface area contributed by atoms with Crippen LogP contribution in [0.4, 0.5) is 0 Å². The molecule has 4 nitrogen and oxygen atoms in total. The molecule has 4 rings (SSSR count). The van der Waals surface area contributed by atoms with E-state index >= 15 is 0 Å². The predicted octanol–water partition coefficient (Wildman–Crippen LogP) is 2.72. The van der Waals surface area contributed by atoms with Gasteiger partial charge in [0, 0.05) is 26.3 Å². The summed E-state index contributed by atoms with van der Waals surface area (Å²) in [5.41, 5.74) is 0.490. The predicted molar refractivity (Wildman–Crippen MR) is 84.5 cm³/mol. The minimum Gasteiger partial charge on any atom is -0.486 e. The third kappa shape index (κ3) is 2.95. The van der Waals surface area contributed by atoms with Crippen molar-refractivity contribution < 1.29 is 14.2 Å². The number of nitrogens with zero attached hydrogens (tertiary/aromatic N) is 1. The van der Waals surface area contributed by atoms with E-state index in [1.165, 1.54) is 38.8 Å². The second-order valence-corrected chi connectivity index (χ2v) is 6.95. The topological polar surface area (TPSA) is 30.9 Å². The number of rotatable bonds is 2. The fraction of sp³-hybridized carbons (Fsp3) is 0.667. The standard InChI is InChI=1S/C18H25NO3/c1-2-5-17-16(4-1)21-13-15(22-17)12-19-9-3-6-18(14-19)7-10-20-11-8-18/h1-2,4-5,15H,3,6-14H2/t15-/m0/s1. The monoisotopic (exact) mass is 303 g/mol. The van der Waals surface area contributed by atoms with Crippen molar-refractivity contribution in [1.82, 2.24) is 4.90 Å². The van der Waals surface area contributed by atoms with Gasteiger partial charge in [0.15, 0.2) is 11.5 Å². The molecule has 1 spiro atoms. The molecule has 2 saturated heterocycles. The van der Waals surface area contributed by atoms with E-state index < -0.39 is 0 Å². The first-order chi connectivity index (χ1) is 10.8. The molecule has 3 aliphatic heterocycles. The molecular weight excluding hydrogens is 278 g/mol. The largest absolute Gasteiger partial charge is 0.486 e. The van der Waals surface area contributed by atoms with Crippen LogP contribution in [-0.2, 0) is 4.74 Å². The maximum atomic E-state index is 6.12. The first-order valence-corrected chi connectivity index (χ1v) is 8.52. The number of ether oxygens (including phenoxy) is 3. The van der Waals surface area contributed by atoms with Crippen LogP contribution in [0.15, 0.2) is 24.3 Å². The second kappa shape index (κ2) is 6.09. The van der Waals surface area contributed by atoms with Gasteiger partial charge in [-0.25, -0.2) is 0 Å². The Hall–Kier alpha value is -1.26. The molecule has 0 bridgehead atoms. The van der Waals surface area contributed by atoms with E-state index in [0.717, 1.165) is 31.3 Å². The summed E-state index contributed by atoms with van der Waals surface area (Å²) < 4.78 is 17.5. The molecule has 120 valence electrons. The highest BCUT2D eigenvalue weighted by Crippen LogP contribution is 2.39. The minimum atomic E-state index is 0.143. The molecule has 3 aliphatic rings. The Morgan fingerprint density at radius 1 is 1.09 bits per heavy atom. The summed E-state index contributed by atoms with van der Waals surface area (Å²) in [6, 6.07) is 7.96. The quantitative estimate of drug-likeness (QED) is 0.840. The summed E-state index contributed by atoms with van der Waals surface area (Å²) in [6.45, 7) is 5.87. The molecule has 0 amide bonds. The lowest BCUT2D eigenvalue weighted by Gasteiger charge is -2.46. The number of para-hydroxylation sites is 2. The third-order valence-corrected chi connectivity index (χ3v) is 5.32. The molecule has 1 aromatic rings. The van der Waals surface area contributed by atoms with Crippen LogP contribution < -0.4 is 9.47 Å². The summed E-state index contributed by atoms with van der Waals surface area (Å²) in [6.07, 6.45) is 5.23. The van der Waals surface area contributed by atoms with Gasteiger partial charge in [0.2, 0.25) is 0 Å². The Morgan fingerprint density at radius 2 is 1.91 bits per heavy atom. The summed E-state index contributed by atoms with van der Waals surface area (Å²) in [5.74, 6) is 1.76. The molecule has 0 aromatic heterocycles. The molecule has 0 radical (unpaired) electrons. The van der Waals surface area contributed by atoms with Crippen molar-refractivity contribution in [2.45, 2.75) is 31.8 Å². The van der Waals surface area contributed by atoms with Crippen LogP contribution in [0.25, 0.3) is 0 Å². The lowest BCUT2D eigenvalue weighted by molar-refractivity contribution is -0.0386. The zero-order chi connectivity index (χ0) is 14.8. The molecule has 0 unspecified atom stereocenters. The van der Waals surface area contributed by atoms with Crippen molar-refractivity contribution in [3.05, 3.63) is 24.3 Å². The number of fused-ring (bicyclic) bond motifs is 1. The molecule has 1 aromatic carbocycles. The SMILES string of the molecule is c1ccc2c(c1)OC[C@H](CN1CCCC3(CCOCC3)C1)O2. The Balaban J connectivity index is 1.37. The van der Waals surface area contributed by atoms with Gasteiger partial charge in [0.05, 0.1) is 0 Å². The summed E-state index contributed by atoms with van der Waals surface area (Å²) in [4.78, 5) is 2.58. The highest BCUT2D eigenvalue weighted by Gasteiger charge is 2.37. The molecular formula is C18H25NO3. The molecule has 4 heteroatoms. The Bertz CT molecular complexity index is 507. The van der Waals surface area contributed by atoms with Crippen molar-refractivity contribution >= 4 is 0 Å². The van der Waals surface area contributed by atoms with Crippen LogP contribution in [0.2, 0.25) is 0 Å². The maximum Gasteiger partial charge on any atom is 0.161 e. The Kier molecular flexibility index (Phi) is 3.97. The molecule has 0 aliphatic carbocycles. The van der Waals surface area contributed by atoms with Crippen molar-refractivity contribution in [3.63, 3.8) is 0 Å². The lowest BCUT2D eigenvalue weighted by Crippen LogP contribution is -2.50. The van der Waals surface area contributed by atoms with Gasteiger partial charge in [-0.05, 0) is 49.8 Å². The Labute approximate surface area is 132 Å². The van der Waals surface area contributed by atoms with Crippen molar-refractivity contribution in [2.75, 3.05) is 39.5 Å². The van der Waals surface area contributed by atoms with Gasteiger partial charge < -0.3 is 14.2 Å². The number of hydrogen-bond donors (Lipinski definition) is 0. The average Bonchev–Trinajstić information content (AvgIpc) is 2.56. The average molecular weight is 303 g/mol. The molecule has 0 saturated carbocycles. The van der Waals surface area contributed by atoms with Gasteiger partial charge in [0.1, 0.15) is 12.7 Å². The van der Waals surface area contributed by atoms with Crippen molar-refractivity contribution in [3.8, 4) is 11.5 Å². The molecule has 3 heterocycles. The van der Waals surface area contributed by atoms with E-state index in [9.17, 15) is 0 Å². The maximum absolute atomic E-state index is 6.12. The summed E-state index contributed by atoms with van der Waals surface area (Å²) >= 11 is 0. The first kappa shape index (κ1) is 14.3. The number of hydrogen-bond acceptors (Lipinski definition) is 4. The zero-order valence-corrected chi connectivity index (χ0v) is 13.1. The van der Waals surface area contributed by atoms with Gasteiger partial charge in [0.25, 0.3) is 0 Å². The van der Waals surface area contributed by atoms with E-state index in [1.54, 1.807) is 0 Å². The molecule has 22 heavy (non-hydrogen) atoms. The number of piperidine rings is 1. The van der Waals surface area contributed by atoms with E-state index in [1.807, 2.05) is 24.3 Å². The van der Waals surface area contributed by atoms with Gasteiger partial charge in [-0.2, -0.15) is 0 Å². The van der Waals surface area contributed by atoms with Crippen LogP contribution in [0, 0.1) is 5.41 Å². The Morgan fingerprint density at radius 3 is 2.77 bits per heavy atom. The van der Waals surface area contributed by atoms with E-state index in [2.05, 4.69) is 4.90 Å². The fourth-order valence-electron chi connectivity index (χ4n) is 4.12. The normalized spacial score (nSPS) is 27.7. The molecule has 1 atom stereocenters. The first-order valence-electron chi connectivity index (χ1n) is 8.52. The van der Waals surface area contributed by atoms with Gasteiger partial charge >= 0.3 is 0 Å². The van der Waals surface area contributed by atoms with Crippen LogP contribution in [0.5, 0.6) is 11.5 Å². The van der Waals surface area contributed by atoms with Crippen LogP contribution >= 0.6 is 0 Å². The van der Waals surface area contributed by atoms with E-state index in [0.29, 0.717) is 12.0 Å². The number of benzene rings is 1. The van der Waals surface area contributed by atoms with Crippen LogP contribution in [-0.4, -0.2) is 50.5 Å². The summed E-state index contributed by atoms with van der Waals surface area (Å²) in [5, 5.41) is 0. The van der Waals surface area contributed by atoms with E-state index in [-0.39, 0.29) is 6.10 Å². The molecule has 0 N–H and O–H groups in total. The van der Waals surface area contributed by atoms with E-state index in [4.69, 9.17) is 14.2 Å². The second-order valence-electron chi connectivity index (χ2n) is 6.95. The zero-order valence-electron chi connectivity index (χ0n) is 13.1. The van der Waals surface area contributed by atoms with Gasteiger partial charge in [-0.1, -0.05) is 12.1 Å². The summed E-state index contributed by atoms with van der Waals surface area (Å²) in [7, 11) is 0. The smallest absolute Gasteiger partial charge is 0.161 e. The molecule has 2 fully saturated rings. The highest BCUT2D eigenvalue weighted by atomic mass is 16.6. The lowest BCUT2D eigenvalue weighted by atomic mass is 9.74. The van der Waals surface area contributed by atoms with Crippen molar-refractivity contribution in [2.24, 2.45) is 5.41 Å². The van der Waals surface area contributed by atoms with Crippen LogP contribution in [0.3, 0.4) is 0 Å². The number of likely N-dealkylation sites (tertiary alicyclic amines) is 1. The van der Waals surface area contributed by atoms with Crippen molar-refractivity contribution in [1.29, 1.82) is 0 Å². The van der Waals surface area contributed by atoms with Gasteiger partial charge in [-0.3, -0.25) is 4.90 Å². The van der Waals surface area contributed by atoms with Gasteiger partial charge in [-0.15, -0.1) is 0 Å². The minimum absolute atomic E-state index is 0.143. The third-order valence-electron chi connectivity index (χ3n) is 5.32.